The highest BCUT2D eigenvalue weighted by molar-refractivity contribution is 9.09. The predicted molar refractivity (Wildman–Crippen MR) is 90.1 cm³/mol. The maximum absolute atomic E-state index is 12.5. The molecule has 8 heteroatoms. The number of allylic oxidation sites excluding steroid dienone is 2. The van der Waals surface area contributed by atoms with Gasteiger partial charge in [0.15, 0.2) is 11.5 Å². The second-order valence-corrected chi connectivity index (χ2v) is 5.26. The molecule has 1 aromatic heterocycles. The minimum Gasteiger partial charge on any atom is -0.493 e. The molecular formula is C16H15BrF2N2O3. The Morgan fingerprint density at radius 3 is 2.71 bits per heavy atom. The molecule has 5 nitrogen and oxygen atoms in total. The number of ether oxygens (including phenoxy) is 2. The van der Waals surface area contributed by atoms with Crippen molar-refractivity contribution in [1.29, 1.82) is 0 Å². The van der Waals surface area contributed by atoms with E-state index >= 15 is 0 Å². The summed E-state index contributed by atoms with van der Waals surface area (Å²) < 4.78 is 35.8. The summed E-state index contributed by atoms with van der Waals surface area (Å²) in [6.45, 7) is -2.65. The Morgan fingerprint density at radius 1 is 1.25 bits per heavy atom. The van der Waals surface area contributed by atoms with Crippen LogP contribution in [0.5, 0.6) is 11.5 Å². The normalized spacial score (nSPS) is 11.2. The Kier molecular flexibility index (Phi) is 6.48. The molecule has 0 atom stereocenters. The Labute approximate surface area is 145 Å². The van der Waals surface area contributed by atoms with Crippen LogP contribution in [0, 0.1) is 0 Å². The van der Waals surface area contributed by atoms with Crippen molar-refractivity contribution in [2.24, 2.45) is 0 Å². The van der Waals surface area contributed by atoms with Gasteiger partial charge in [-0.3, -0.25) is 4.79 Å². The molecule has 1 aromatic carbocycles. The van der Waals surface area contributed by atoms with E-state index in [0.29, 0.717) is 23.1 Å². The van der Waals surface area contributed by atoms with Crippen LogP contribution in [0.1, 0.15) is 0 Å². The zero-order valence-corrected chi connectivity index (χ0v) is 14.4. The van der Waals surface area contributed by atoms with E-state index in [1.54, 1.807) is 12.1 Å². The maximum Gasteiger partial charge on any atom is 0.387 e. The Hall–Kier alpha value is -2.22. The summed E-state index contributed by atoms with van der Waals surface area (Å²) in [4.78, 5) is 11.8. The topological polar surface area (TPSA) is 53.4 Å². The van der Waals surface area contributed by atoms with E-state index in [2.05, 4.69) is 25.8 Å². The van der Waals surface area contributed by atoms with Gasteiger partial charge in [0.05, 0.1) is 19.3 Å². The summed E-state index contributed by atoms with van der Waals surface area (Å²) >= 11 is 3.25. The van der Waals surface area contributed by atoms with Crippen LogP contribution in [0.3, 0.4) is 0 Å². The second kappa shape index (κ2) is 8.58. The number of methoxy groups -OCH3 is 1. The smallest absolute Gasteiger partial charge is 0.387 e. The van der Waals surface area contributed by atoms with Gasteiger partial charge >= 0.3 is 6.61 Å². The lowest BCUT2D eigenvalue weighted by molar-refractivity contribution is -0.0511. The molecule has 24 heavy (non-hydrogen) atoms. The van der Waals surface area contributed by atoms with Gasteiger partial charge in [-0.2, -0.15) is 13.9 Å². The first-order valence-electron chi connectivity index (χ1n) is 6.97. The number of halogens is 3. The van der Waals surface area contributed by atoms with Crippen LogP contribution in [-0.2, 0) is 6.54 Å². The number of rotatable bonds is 7. The maximum atomic E-state index is 12.5. The van der Waals surface area contributed by atoms with E-state index in [-0.39, 0.29) is 17.1 Å². The van der Waals surface area contributed by atoms with Gasteiger partial charge in [0, 0.05) is 17.0 Å². The molecule has 0 fully saturated rings. The molecule has 0 bridgehead atoms. The first-order chi connectivity index (χ1) is 11.5. The Balaban J connectivity index is 2.38. The highest BCUT2D eigenvalue weighted by Gasteiger charge is 2.13. The fourth-order valence-corrected chi connectivity index (χ4v) is 2.26. The number of hydrogen-bond acceptors (Lipinski definition) is 4. The average molecular weight is 401 g/mol. The molecule has 0 saturated heterocycles. The molecule has 2 rings (SSSR count). The standard InChI is InChI=1S/C16H15BrF2N2O3/c1-23-13-6-4-11(10-14(13)24-16(18)19)12-5-7-15(22)21(20-12)9-3-2-8-17/h2-7,10,16H,8-9H2,1H3/b3-2+. The van der Waals surface area contributed by atoms with Gasteiger partial charge in [-0.25, -0.2) is 4.68 Å². The molecule has 0 unspecified atom stereocenters. The zero-order valence-electron chi connectivity index (χ0n) is 12.8. The van der Waals surface area contributed by atoms with E-state index in [1.165, 1.54) is 36.1 Å². The fourth-order valence-electron chi connectivity index (χ4n) is 2.00. The van der Waals surface area contributed by atoms with E-state index in [4.69, 9.17) is 4.74 Å². The summed E-state index contributed by atoms with van der Waals surface area (Å²) in [5.41, 5.74) is 0.740. The van der Waals surface area contributed by atoms with Crippen LogP contribution in [0.2, 0.25) is 0 Å². The quantitative estimate of drug-likeness (QED) is 0.527. The molecule has 0 aliphatic carbocycles. The lowest BCUT2D eigenvalue weighted by atomic mass is 10.1. The Morgan fingerprint density at radius 2 is 2.04 bits per heavy atom. The molecule has 0 N–H and O–H groups in total. The van der Waals surface area contributed by atoms with Crippen molar-refractivity contribution in [3.63, 3.8) is 0 Å². The van der Waals surface area contributed by atoms with E-state index in [0.717, 1.165) is 0 Å². The van der Waals surface area contributed by atoms with Crippen LogP contribution in [0.25, 0.3) is 11.3 Å². The first kappa shape index (κ1) is 18.1. The van der Waals surface area contributed by atoms with Crippen LogP contribution in [0.15, 0.2) is 47.3 Å². The molecule has 128 valence electrons. The third-order valence-corrected chi connectivity index (χ3v) is 3.45. The van der Waals surface area contributed by atoms with Crippen LogP contribution in [-0.4, -0.2) is 28.8 Å². The third kappa shape index (κ3) is 4.64. The van der Waals surface area contributed by atoms with Gasteiger partial charge in [0.1, 0.15) is 0 Å². The van der Waals surface area contributed by atoms with Crippen LogP contribution >= 0.6 is 15.9 Å². The Bertz CT molecular complexity index is 778. The number of alkyl halides is 3. The molecule has 0 aliphatic heterocycles. The van der Waals surface area contributed by atoms with Crippen molar-refractivity contribution >= 4 is 15.9 Å². The minimum atomic E-state index is -2.97. The fraction of sp³-hybridized carbons (Fsp3) is 0.250. The summed E-state index contributed by atoms with van der Waals surface area (Å²) in [7, 11) is 1.36. The van der Waals surface area contributed by atoms with Crippen molar-refractivity contribution in [3.8, 4) is 22.8 Å². The largest absolute Gasteiger partial charge is 0.493 e. The van der Waals surface area contributed by atoms with Gasteiger partial charge < -0.3 is 9.47 Å². The molecule has 0 radical (unpaired) electrons. The van der Waals surface area contributed by atoms with Crippen molar-refractivity contribution in [1.82, 2.24) is 9.78 Å². The SMILES string of the molecule is COc1ccc(-c2ccc(=O)n(C/C=C/CBr)n2)cc1OC(F)F. The van der Waals surface area contributed by atoms with Crippen molar-refractivity contribution in [2.45, 2.75) is 13.2 Å². The van der Waals surface area contributed by atoms with Gasteiger partial charge in [0.25, 0.3) is 5.56 Å². The minimum absolute atomic E-state index is 0.0938. The highest BCUT2D eigenvalue weighted by atomic mass is 79.9. The molecule has 1 heterocycles. The molecule has 0 saturated carbocycles. The van der Waals surface area contributed by atoms with Crippen LogP contribution < -0.4 is 15.0 Å². The number of hydrogen-bond donors (Lipinski definition) is 0. The molecule has 0 amide bonds. The van der Waals surface area contributed by atoms with Crippen molar-refractivity contribution in [3.05, 3.63) is 52.8 Å². The van der Waals surface area contributed by atoms with Gasteiger partial charge in [-0.1, -0.05) is 28.1 Å². The van der Waals surface area contributed by atoms with Gasteiger partial charge in [-0.05, 0) is 24.3 Å². The lowest BCUT2D eigenvalue weighted by Gasteiger charge is -2.12. The highest BCUT2D eigenvalue weighted by Crippen LogP contribution is 2.32. The van der Waals surface area contributed by atoms with Gasteiger partial charge in [-0.15, -0.1) is 0 Å². The third-order valence-electron chi connectivity index (χ3n) is 3.08. The second-order valence-electron chi connectivity index (χ2n) is 4.61. The summed E-state index contributed by atoms with van der Waals surface area (Å²) in [5.74, 6) is 0.0939. The van der Waals surface area contributed by atoms with E-state index in [9.17, 15) is 13.6 Å². The number of aromatic nitrogens is 2. The summed E-state index contributed by atoms with van der Waals surface area (Å²) in [6, 6.07) is 7.47. The predicted octanol–water partition coefficient (Wildman–Crippen LogP) is 3.47. The lowest BCUT2D eigenvalue weighted by Crippen LogP contribution is -2.21. The first-order valence-corrected chi connectivity index (χ1v) is 8.09. The summed E-state index contributed by atoms with van der Waals surface area (Å²) in [6.07, 6.45) is 3.65. The van der Waals surface area contributed by atoms with Crippen molar-refractivity contribution < 1.29 is 18.3 Å². The van der Waals surface area contributed by atoms with E-state index in [1.807, 2.05) is 6.08 Å². The monoisotopic (exact) mass is 400 g/mol. The summed E-state index contributed by atoms with van der Waals surface area (Å²) in [5, 5.41) is 4.92. The van der Waals surface area contributed by atoms with Crippen molar-refractivity contribution in [2.75, 3.05) is 12.4 Å². The zero-order chi connectivity index (χ0) is 17.5. The molecule has 0 aliphatic rings. The molecule has 2 aromatic rings. The van der Waals surface area contributed by atoms with E-state index < -0.39 is 6.61 Å². The van der Waals surface area contributed by atoms with Gasteiger partial charge in [0.2, 0.25) is 0 Å². The molecule has 0 spiro atoms. The number of benzene rings is 1. The van der Waals surface area contributed by atoms with Crippen LogP contribution in [0.4, 0.5) is 8.78 Å². The molecular weight excluding hydrogens is 386 g/mol. The number of nitrogens with zero attached hydrogens (tertiary/aromatic N) is 2. The average Bonchev–Trinajstić information content (AvgIpc) is 2.56.